The van der Waals surface area contributed by atoms with Gasteiger partial charge in [-0.1, -0.05) is 38.8 Å². The van der Waals surface area contributed by atoms with Gasteiger partial charge in [-0.2, -0.15) is 0 Å². The highest BCUT2D eigenvalue weighted by Crippen LogP contribution is 2.09. The molecule has 1 amide bonds. The largest absolute Gasteiger partial charge is 0.325 e. The molecule has 3 nitrogen and oxygen atoms in total. The summed E-state index contributed by atoms with van der Waals surface area (Å²) in [5.41, 5.74) is 2.02. The van der Waals surface area contributed by atoms with E-state index in [2.05, 4.69) is 24.5 Å². The maximum Gasteiger partial charge on any atom is 0.238 e. The Morgan fingerprint density at radius 1 is 1.28 bits per heavy atom. The van der Waals surface area contributed by atoms with Gasteiger partial charge in [0, 0.05) is 5.69 Å². The van der Waals surface area contributed by atoms with Crippen molar-refractivity contribution in [3.63, 3.8) is 0 Å². The fraction of sp³-hybridized carbons (Fsp3) is 0.533. The zero-order chi connectivity index (χ0) is 13.4. The standard InChI is InChI=1S/C15H24N2O/c1-4-13(5-2)10-16-11-15(18)17-14-8-6-7-12(3)9-14/h6-9,13,16H,4-5,10-11H2,1-3H3,(H,17,18). The van der Waals surface area contributed by atoms with Gasteiger partial charge in [0.1, 0.15) is 0 Å². The molecule has 1 aromatic rings. The number of carbonyl (C=O) groups is 1. The van der Waals surface area contributed by atoms with E-state index >= 15 is 0 Å². The Morgan fingerprint density at radius 2 is 2.00 bits per heavy atom. The zero-order valence-electron chi connectivity index (χ0n) is 11.6. The molecule has 1 aromatic carbocycles. The second-order valence-corrected chi connectivity index (χ2v) is 4.73. The molecule has 0 spiro atoms. The average molecular weight is 248 g/mol. The number of rotatable bonds is 7. The number of carbonyl (C=O) groups excluding carboxylic acids is 1. The number of amides is 1. The summed E-state index contributed by atoms with van der Waals surface area (Å²) in [6.07, 6.45) is 2.31. The minimum atomic E-state index is 0.0200. The molecular weight excluding hydrogens is 224 g/mol. The molecule has 100 valence electrons. The van der Waals surface area contributed by atoms with Gasteiger partial charge in [0.25, 0.3) is 0 Å². The molecule has 0 saturated carbocycles. The molecule has 0 fully saturated rings. The van der Waals surface area contributed by atoms with Crippen LogP contribution in [0.3, 0.4) is 0 Å². The highest BCUT2D eigenvalue weighted by atomic mass is 16.1. The van der Waals surface area contributed by atoms with Gasteiger partial charge in [0.2, 0.25) is 5.91 Å². The third kappa shape index (κ3) is 5.32. The molecule has 0 aliphatic heterocycles. The first kappa shape index (κ1) is 14.7. The first-order valence-corrected chi connectivity index (χ1v) is 6.73. The van der Waals surface area contributed by atoms with Crippen LogP contribution < -0.4 is 10.6 Å². The Kier molecular flexibility index (Phi) is 6.44. The minimum absolute atomic E-state index is 0.0200. The Hall–Kier alpha value is -1.35. The van der Waals surface area contributed by atoms with E-state index in [1.165, 1.54) is 0 Å². The quantitative estimate of drug-likeness (QED) is 0.779. The smallest absolute Gasteiger partial charge is 0.238 e. The van der Waals surface area contributed by atoms with Crippen LogP contribution in [0.25, 0.3) is 0 Å². The zero-order valence-corrected chi connectivity index (χ0v) is 11.6. The van der Waals surface area contributed by atoms with Crippen molar-refractivity contribution in [1.29, 1.82) is 0 Å². The van der Waals surface area contributed by atoms with Crippen LogP contribution in [0.4, 0.5) is 5.69 Å². The summed E-state index contributed by atoms with van der Waals surface area (Å²) in [6, 6.07) is 7.84. The molecule has 1 rings (SSSR count). The van der Waals surface area contributed by atoms with Gasteiger partial charge in [0.15, 0.2) is 0 Å². The summed E-state index contributed by atoms with van der Waals surface area (Å²) in [5, 5.41) is 6.10. The molecule has 0 heterocycles. The molecule has 0 atom stereocenters. The Labute approximate surface area is 110 Å². The summed E-state index contributed by atoms with van der Waals surface area (Å²) >= 11 is 0. The summed E-state index contributed by atoms with van der Waals surface area (Å²) in [6.45, 7) is 7.67. The van der Waals surface area contributed by atoms with E-state index < -0.39 is 0 Å². The number of hydrogen-bond acceptors (Lipinski definition) is 2. The topological polar surface area (TPSA) is 41.1 Å². The molecule has 0 unspecified atom stereocenters. The second kappa shape index (κ2) is 7.88. The van der Waals surface area contributed by atoms with Crippen molar-refractivity contribution in [3.05, 3.63) is 29.8 Å². The average Bonchev–Trinajstić information content (AvgIpc) is 2.34. The van der Waals surface area contributed by atoms with E-state index in [-0.39, 0.29) is 5.91 Å². The number of anilines is 1. The molecule has 0 radical (unpaired) electrons. The molecule has 0 bridgehead atoms. The maximum absolute atomic E-state index is 11.7. The van der Waals surface area contributed by atoms with Gasteiger partial charge in [-0.05, 0) is 37.1 Å². The lowest BCUT2D eigenvalue weighted by atomic mass is 10.0. The van der Waals surface area contributed by atoms with E-state index in [4.69, 9.17) is 0 Å². The van der Waals surface area contributed by atoms with Crippen LogP contribution in [-0.4, -0.2) is 19.0 Å². The molecular formula is C15H24N2O. The minimum Gasteiger partial charge on any atom is -0.325 e. The predicted octanol–water partition coefficient (Wildman–Crippen LogP) is 2.96. The number of hydrogen-bond donors (Lipinski definition) is 2. The van der Waals surface area contributed by atoms with E-state index in [1.54, 1.807) is 0 Å². The fourth-order valence-electron chi connectivity index (χ4n) is 1.90. The van der Waals surface area contributed by atoms with Crippen LogP contribution in [0, 0.1) is 12.8 Å². The highest BCUT2D eigenvalue weighted by Gasteiger charge is 2.05. The van der Waals surface area contributed by atoms with Gasteiger partial charge in [0.05, 0.1) is 6.54 Å². The fourth-order valence-corrected chi connectivity index (χ4v) is 1.90. The van der Waals surface area contributed by atoms with Crippen molar-refractivity contribution in [2.45, 2.75) is 33.6 Å². The van der Waals surface area contributed by atoms with E-state index in [0.717, 1.165) is 30.6 Å². The van der Waals surface area contributed by atoms with Gasteiger partial charge in [-0.3, -0.25) is 4.79 Å². The molecule has 0 aromatic heterocycles. The van der Waals surface area contributed by atoms with Gasteiger partial charge in [-0.15, -0.1) is 0 Å². The van der Waals surface area contributed by atoms with E-state index in [9.17, 15) is 4.79 Å². The summed E-state index contributed by atoms with van der Waals surface area (Å²) in [5.74, 6) is 0.684. The summed E-state index contributed by atoms with van der Waals surface area (Å²) < 4.78 is 0. The van der Waals surface area contributed by atoms with E-state index in [0.29, 0.717) is 12.5 Å². The summed E-state index contributed by atoms with van der Waals surface area (Å²) in [7, 11) is 0. The first-order chi connectivity index (χ1) is 8.65. The number of benzene rings is 1. The third-order valence-corrected chi connectivity index (χ3v) is 3.18. The van der Waals surface area contributed by atoms with Crippen LogP contribution in [-0.2, 0) is 4.79 Å². The Balaban J connectivity index is 2.29. The predicted molar refractivity (Wildman–Crippen MR) is 76.8 cm³/mol. The maximum atomic E-state index is 11.7. The molecule has 2 N–H and O–H groups in total. The van der Waals surface area contributed by atoms with Gasteiger partial charge in [-0.25, -0.2) is 0 Å². The third-order valence-electron chi connectivity index (χ3n) is 3.18. The van der Waals surface area contributed by atoms with Crippen molar-refractivity contribution < 1.29 is 4.79 Å². The van der Waals surface area contributed by atoms with Crippen molar-refractivity contribution in [3.8, 4) is 0 Å². The van der Waals surface area contributed by atoms with Gasteiger partial charge >= 0.3 is 0 Å². The monoisotopic (exact) mass is 248 g/mol. The van der Waals surface area contributed by atoms with E-state index in [1.807, 2.05) is 31.2 Å². The highest BCUT2D eigenvalue weighted by molar-refractivity contribution is 5.92. The molecule has 0 aliphatic carbocycles. The lowest BCUT2D eigenvalue weighted by molar-refractivity contribution is -0.115. The van der Waals surface area contributed by atoms with Crippen LogP contribution in [0.2, 0.25) is 0 Å². The first-order valence-electron chi connectivity index (χ1n) is 6.73. The van der Waals surface area contributed by atoms with Crippen molar-refractivity contribution >= 4 is 11.6 Å². The Bertz CT molecular complexity index is 373. The van der Waals surface area contributed by atoms with Crippen molar-refractivity contribution in [2.24, 2.45) is 5.92 Å². The molecule has 18 heavy (non-hydrogen) atoms. The number of nitrogens with one attached hydrogen (secondary N) is 2. The molecule has 0 saturated heterocycles. The van der Waals surface area contributed by atoms with Crippen LogP contribution in [0.15, 0.2) is 24.3 Å². The normalized spacial score (nSPS) is 10.7. The van der Waals surface area contributed by atoms with Gasteiger partial charge < -0.3 is 10.6 Å². The van der Waals surface area contributed by atoms with Crippen molar-refractivity contribution in [2.75, 3.05) is 18.4 Å². The molecule has 0 aliphatic rings. The lowest BCUT2D eigenvalue weighted by Crippen LogP contribution is -2.31. The lowest BCUT2D eigenvalue weighted by Gasteiger charge is -2.13. The Morgan fingerprint density at radius 3 is 2.61 bits per heavy atom. The molecule has 3 heteroatoms. The van der Waals surface area contributed by atoms with Crippen LogP contribution in [0.5, 0.6) is 0 Å². The summed E-state index contributed by atoms with van der Waals surface area (Å²) in [4.78, 5) is 11.7. The van der Waals surface area contributed by atoms with Crippen LogP contribution in [0.1, 0.15) is 32.3 Å². The SMILES string of the molecule is CCC(CC)CNCC(=O)Nc1cccc(C)c1. The van der Waals surface area contributed by atoms with Crippen molar-refractivity contribution in [1.82, 2.24) is 5.32 Å². The number of aryl methyl sites for hydroxylation is 1. The van der Waals surface area contributed by atoms with Crippen LogP contribution >= 0.6 is 0 Å². The second-order valence-electron chi connectivity index (χ2n) is 4.73.